The molecule has 0 saturated carbocycles. The van der Waals surface area contributed by atoms with Crippen molar-refractivity contribution in [3.05, 3.63) is 70.4 Å². The van der Waals surface area contributed by atoms with Crippen LogP contribution in [0.25, 0.3) is 16.5 Å². The lowest BCUT2D eigenvalue weighted by Gasteiger charge is -2.10. The highest BCUT2D eigenvalue weighted by molar-refractivity contribution is 7.13. The van der Waals surface area contributed by atoms with Gasteiger partial charge in [-0.1, -0.05) is 36.4 Å². The first-order chi connectivity index (χ1) is 13.1. The summed E-state index contributed by atoms with van der Waals surface area (Å²) in [7, 11) is 0. The number of hydrogen-bond acceptors (Lipinski definition) is 5. The monoisotopic (exact) mass is 377 g/mol. The van der Waals surface area contributed by atoms with Gasteiger partial charge in [0.15, 0.2) is 5.82 Å². The first kappa shape index (κ1) is 17.4. The lowest BCUT2D eigenvalue weighted by Crippen LogP contribution is -2.25. The fourth-order valence-electron chi connectivity index (χ4n) is 2.99. The molecule has 0 saturated heterocycles. The van der Waals surface area contributed by atoms with Gasteiger partial charge in [-0.2, -0.15) is 4.98 Å². The first-order valence-corrected chi connectivity index (χ1v) is 9.57. The topological polar surface area (TPSA) is 72.2 Å². The van der Waals surface area contributed by atoms with Crippen LogP contribution in [0.3, 0.4) is 0 Å². The standard InChI is InChI=1S/C20H19N5OS/c1-13-16(11-18(26)21-12-15-7-4-3-5-8-15)14(2)25-20(22-13)23-19(24-25)17-9-6-10-27-17/h3-10H,11-12H2,1-2H3,(H,21,26). The average molecular weight is 377 g/mol. The van der Waals surface area contributed by atoms with Gasteiger partial charge in [-0.15, -0.1) is 16.4 Å². The molecule has 3 aromatic heterocycles. The fraction of sp³-hybridized carbons (Fsp3) is 0.200. The van der Waals surface area contributed by atoms with Crippen LogP contribution in [0.1, 0.15) is 22.5 Å². The number of benzene rings is 1. The highest BCUT2D eigenvalue weighted by Crippen LogP contribution is 2.23. The number of fused-ring (bicyclic) bond motifs is 1. The van der Waals surface area contributed by atoms with E-state index in [2.05, 4.69) is 20.4 Å². The number of rotatable bonds is 5. The number of nitrogens with zero attached hydrogens (tertiary/aromatic N) is 4. The van der Waals surface area contributed by atoms with Gasteiger partial charge in [0.25, 0.3) is 5.78 Å². The van der Waals surface area contributed by atoms with Gasteiger partial charge in [0.2, 0.25) is 5.91 Å². The lowest BCUT2D eigenvalue weighted by molar-refractivity contribution is -0.120. The Morgan fingerprint density at radius 3 is 2.67 bits per heavy atom. The smallest absolute Gasteiger partial charge is 0.253 e. The van der Waals surface area contributed by atoms with E-state index in [4.69, 9.17) is 0 Å². The molecule has 0 bridgehead atoms. The van der Waals surface area contributed by atoms with E-state index in [9.17, 15) is 4.79 Å². The van der Waals surface area contributed by atoms with E-state index in [1.807, 2.05) is 61.7 Å². The van der Waals surface area contributed by atoms with Gasteiger partial charge in [-0.25, -0.2) is 9.50 Å². The summed E-state index contributed by atoms with van der Waals surface area (Å²) >= 11 is 1.59. The van der Waals surface area contributed by atoms with Crippen molar-refractivity contribution >= 4 is 23.0 Å². The highest BCUT2D eigenvalue weighted by Gasteiger charge is 2.17. The Morgan fingerprint density at radius 2 is 1.93 bits per heavy atom. The van der Waals surface area contributed by atoms with Crippen LogP contribution in [0.4, 0.5) is 0 Å². The number of nitrogens with one attached hydrogen (secondary N) is 1. The van der Waals surface area contributed by atoms with Gasteiger partial charge in [0.05, 0.1) is 11.3 Å². The summed E-state index contributed by atoms with van der Waals surface area (Å²) in [4.78, 5) is 22.5. The van der Waals surface area contributed by atoms with Crippen molar-refractivity contribution < 1.29 is 4.79 Å². The zero-order valence-electron chi connectivity index (χ0n) is 15.1. The van der Waals surface area contributed by atoms with E-state index in [0.717, 1.165) is 27.4 Å². The maximum atomic E-state index is 12.4. The number of aromatic nitrogens is 4. The quantitative estimate of drug-likeness (QED) is 0.579. The predicted molar refractivity (Wildman–Crippen MR) is 106 cm³/mol. The summed E-state index contributed by atoms with van der Waals surface area (Å²) in [6, 6.07) is 13.8. The predicted octanol–water partition coefficient (Wildman–Crippen LogP) is 3.33. The SMILES string of the molecule is Cc1nc2nc(-c3cccs3)nn2c(C)c1CC(=O)NCc1ccccc1. The first-order valence-electron chi connectivity index (χ1n) is 8.69. The van der Waals surface area contributed by atoms with Crippen molar-refractivity contribution in [3.63, 3.8) is 0 Å². The van der Waals surface area contributed by atoms with E-state index >= 15 is 0 Å². The zero-order valence-corrected chi connectivity index (χ0v) is 16.0. The Balaban J connectivity index is 1.57. The number of amides is 1. The Bertz CT molecular complexity index is 1090. The van der Waals surface area contributed by atoms with Crippen LogP contribution in [0.2, 0.25) is 0 Å². The van der Waals surface area contributed by atoms with Gasteiger partial charge in [-0.05, 0) is 30.9 Å². The second-order valence-electron chi connectivity index (χ2n) is 6.32. The minimum atomic E-state index is -0.0372. The number of carbonyl (C=O) groups is 1. The minimum Gasteiger partial charge on any atom is -0.352 e. The molecule has 1 N–H and O–H groups in total. The van der Waals surface area contributed by atoms with E-state index in [1.54, 1.807) is 15.9 Å². The third-order valence-electron chi connectivity index (χ3n) is 4.46. The molecule has 7 heteroatoms. The molecule has 0 radical (unpaired) electrons. The summed E-state index contributed by atoms with van der Waals surface area (Å²) in [6.07, 6.45) is 0.266. The molecule has 0 aliphatic carbocycles. The van der Waals surface area contributed by atoms with Crippen molar-refractivity contribution in [1.29, 1.82) is 0 Å². The van der Waals surface area contributed by atoms with Gasteiger partial charge in [-0.3, -0.25) is 4.79 Å². The second-order valence-corrected chi connectivity index (χ2v) is 7.27. The van der Waals surface area contributed by atoms with Crippen molar-refractivity contribution in [2.24, 2.45) is 0 Å². The van der Waals surface area contributed by atoms with Crippen LogP contribution in [-0.2, 0) is 17.8 Å². The maximum absolute atomic E-state index is 12.4. The zero-order chi connectivity index (χ0) is 18.8. The largest absolute Gasteiger partial charge is 0.352 e. The van der Waals surface area contributed by atoms with Crippen LogP contribution in [0.5, 0.6) is 0 Å². The van der Waals surface area contributed by atoms with Crippen molar-refractivity contribution in [1.82, 2.24) is 24.9 Å². The molecule has 3 heterocycles. The Labute approximate surface area is 160 Å². The fourth-order valence-corrected chi connectivity index (χ4v) is 3.65. The summed E-state index contributed by atoms with van der Waals surface area (Å²) in [5.41, 5.74) is 3.66. The molecule has 0 spiro atoms. The van der Waals surface area contributed by atoms with E-state index in [-0.39, 0.29) is 12.3 Å². The molecule has 0 unspecified atom stereocenters. The van der Waals surface area contributed by atoms with E-state index in [1.165, 1.54) is 0 Å². The molecule has 0 fully saturated rings. The molecule has 4 rings (SSSR count). The van der Waals surface area contributed by atoms with E-state index in [0.29, 0.717) is 18.1 Å². The highest BCUT2D eigenvalue weighted by atomic mass is 32.1. The van der Waals surface area contributed by atoms with Gasteiger partial charge in [0.1, 0.15) is 0 Å². The molecule has 1 aromatic carbocycles. The number of aryl methyl sites for hydroxylation is 2. The Morgan fingerprint density at radius 1 is 1.11 bits per heavy atom. The second kappa shape index (κ2) is 7.28. The molecule has 27 heavy (non-hydrogen) atoms. The van der Waals surface area contributed by atoms with Crippen LogP contribution < -0.4 is 5.32 Å². The minimum absolute atomic E-state index is 0.0372. The molecule has 6 nitrogen and oxygen atoms in total. The molecule has 0 aliphatic heterocycles. The number of carbonyl (C=O) groups excluding carboxylic acids is 1. The third kappa shape index (κ3) is 3.59. The Hall–Kier alpha value is -3.06. The van der Waals surface area contributed by atoms with Crippen LogP contribution in [0, 0.1) is 13.8 Å². The Kier molecular flexibility index (Phi) is 4.68. The van der Waals surface area contributed by atoms with Gasteiger partial charge in [0, 0.05) is 23.5 Å². The third-order valence-corrected chi connectivity index (χ3v) is 5.33. The summed E-state index contributed by atoms with van der Waals surface area (Å²) in [5, 5.41) is 9.54. The normalized spacial score (nSPS) is 11.0. The van der Waals surface area contributed by atoms with Crippen molar-refractivity contribution in [2.45, 2.75) is 26.8 Å². The molecule has 1 amide bonds. The van der Waals surface area contributed by atoms with Crippen LogP contribution in [-0.4, -0.2) is 25.5 Å². The molecule has 136 valence electrons. The molecular formula is C20H19N5OS. The summed E-state index contributed by atoms with van der Waals surface area (Å²) < 4.78 is 1.72. The van der Waals surface area contributed by atoms with Crippen LogP contribution >= 0.6 is 11.3 Å². The van der Waals surface area contributed by atoms with E-state index < -0.39 is 0 Å². The van der Waals surface area contributed by atoms with Gasteiger partial charge >= 0.3 is 0 Å². The maximum Gasteiger partial charge on any atom is 0.253 e. The summed E-state index contributed by atoms with van der Waals surface area (Å²) in [6.45, 7) is 4.37. The molecule has 4 aromatic rings. The molecule has 0 atom stereocenters. The van der Waals surface area contributed by atoms with Crippen molar-refractivity contribution in [3.8, 4) is 10.7 Å². The van der Waals surface area contributed by atoms with Gasteiger partial charge < -0.3 is 5.32 Å². The number of hydrogen-bond donors (Lipinski definition) is 1. The molecule has 0 aliphatic rings. The van der Waals surface area contributed by atoms with Crippen LogP contribution in [0.15, 0.2) is 47.8 Å². The van der Waals surface area contributed by atoms with Crippen molar-refractivity contribution in [2.75, 3.05) is 0 Å². The average Bonchev–Trinajstić information content (AvgIpc) is 3.34. The lowest BCUT2D eigenvalue weighted by atomic mass is 10.1. The molecular weight excluding hydrogens is 358 g/mol. The number of thiophene rings is 1. The summed E-state index contributed by atoms with van der Waals surface area (Å²) in [5.74, 6) is 1.18.